The predicted molar refractivity (Wildman–Crippen MR) is 101 cm³/mol. The molecule has 8 nitrogen and oxygen atoms in total. The van der Waals surface area contributed by atoms with Crippen LogP contribution in [0.5, 0.6) is 5.75 Å². The van der Waals surface area contributed by atoms with Gasteiger partial charge in [0.25, 0.3) is 11.5 Å². The predicted octanol–water partition coefficient (Wildman–Crippen LogP) is 1.15. The van der Waals surface area contributed by atoms with Crippen molar-refractivity contribution < 1.29 is 14.3 Å². The quantitative estimate of drug-likeness (QED) is 0.734. The Morgan fingerprint density at radius 2 is 2.04 bits per heavy atom. The third-order valence-corrected chi connectivity index (χ3v) is 4.34. The highest BCUT2D eigenvalue weighted by Crippen LogP contribution is 2.17. The minimum Gasteiger partial charge on any atom is -0.491 e. The van der Waals surface area contributed by atoms with Gasteiger partial charge in [0.2, 0.25) is 0 Å². The molecule has 1 saturated heterocycles. The highest BCUT2D eigenvalue weighted by molar-refractivity contribution is 5.94. The van der Waals surface area contributed by atoms with E-state index in [1.165, 1.54) is 6.20 Å². The van der Waals surface area contributed by atoms with Gasteiger partial charge in [-0.15, -0.1) is 0 Å². The molecule has 1 aromatic heterocycles. The van der Waals surface area contributed by atoms with Gasteiger partial charge in [0.05, 0.1) is 6.61 Å². The van der Waals surface area contributed by atoms with Gasteiger partial charge >= 0.3 is 0 Å². The normalized spacial score (nSPS) is 14.3. The highest BCUT2D eigenvalue weighted by Gasteiger charge is 2.24. The van der Waals surface area contributed by atoms with Crippen LogP contribution in [0.15, 0.2) is 41.5 Å². The fourth-order valence-electron chi connectivity index (χ4n) is 2.95. The molecule has 2 aromatic rings. The van der Waals surface area contributed by atoms with Crippen molar-refractivity contribution in [3.63, 3.8) is 0 Å². The summed E-state index contributed by atoms with van der Waals surface area (Å²) in [6.07, 6.45) is 3.07. The number of hydrogen-bond acceptors (Lipinski definition) is 6. The molecule has 1 N–H and O–H groups in total. The molecule has 3 rings (SSSR count). The minimum atomic E-state index is -0.214. The van der Waals surface area contributed by atoms with Crippen molar-refractivity contribution in [2.24, 2.45) is 0 Å². The summed E-state index contributed by atoms with van der Waals surface area (Å²) in [4.78, 5) is 35.1. The van der Waals surface area contributed by atoms with Gasteiger partial charge in [-0.1, -0.05) is 6.07 Å². The number of aromatic nitrogens is 2. The number of anilines is 1. The molecule has 1 amide bonds. The third-order valence-electron chi connectivity index (χ3n) is 4.34. The number of ether oxygens (including phenoxy) is 2. The van der Waals surface area contributed by atoms with Gasteiger partial charge in [0.15, 0.2) is 5.82 Å². The lowest BCUT2D eigenvalue weighted by Crippen LogP contribution is -2.50. The van der Waals surface area contributed by atoms with E-state index in [1.54, 1.807) is 23.2 Å². The maximum absolute atomic E-state index is 12.8. The molecule has 0 saturated carbocycles. The lowest BCUT2D eigenvalue weighted by molar-refractivity contribution is 0.0745. The molecule has 144 valence electrons. The second-order valence-corrected chi connectivity index (χ2v) is 6.09. The number of piperazine rings is 1. The van der Waals surface area contributed by atoms with Crippen molar-refractivity contribution in [3.05, 3.63) is 52.6 Å². The standard InChI is InChI=1S/C19H24N4O4/c1-2-26-12-13-27-16-5-3-4-15(14-16)19(25)23-10-8-22(9-11-23)17-18(24)21-7-6-20-17/h3-7,14H,2,8-13H2,1H3,(H,21,24). The molecule has 0 bridgehead atoms. The summed E-state index contributed by atoms with van der Waals surface area (Å²) in [7, 11) is 0. The molecule has 1 fully saturated rings. The summed E-state index contributed by atoms with van der Waals surface area (Å²) in [5, 5.41) is 0. The minimum absolute atomic E-state index is 0.0418. The average molecular weight is 372 g/mol. The Bertz CT molecular complexity index is 815. The topological polar surface area (TPSA) is 87.8 Å². The van der Waals surface area contributed by atoms with E-state index in [1.807, 2.05) is 24.0 Å². The number of aromatic amines is 1. The molecule has 0 spiro atoms. The molecule has 8 heteroatoms. The molecule has 1 aliphatic heterocycles. The Hall–Kier alpha value is -2.87. The van der Waals surface area contributed by atoms with Gasteiger partial charge in [0, 0.05) is 50.7 Å². The van der Waals surface area contributed by atoms with Crippen LogP contribution in [0.2, 0.25) is 0 Å². The third kappa shape index (κ3) is 4.85. The van der Waals surface area contributed by atoms with E-state index in [4.69, 9.17) is 9.47 Å². The Kier molecular flexibility index (Phi) is 6.43. The highest BCUT2D eigenvalue weighted by atomic mass is 16.5. The van der Waals surface area contributed by atoms with E-state index >= 15 is 0 Å². The summed E-state index contributed by atoms with van der Waals surface area (Å²) in [6.45, 7) is 5.74. The zero-order valence-electron chi connectivity index (χ0n) is 15.4. The zero-order chi connectivity index (χ0) is 19.1. The smallest absolute Gasteiger partial charge is 0.290 e. The molecular formula is C19H24N4O4. The summed E-state index contributed by atoms with van der Waals surface area (Å²) in [5.41, 5.74) is 0.377. The molecule has 0 radical (unpaired) electrons. The number of nitrogens with zero attached hydrogens (tertiary/aromatic N) is 3. The second kappa shape index (κ2) is 9.18. The maximum atomic E-state index is 12.8. The molecule has 0 unspecified atom stereocenters. The van der Waals surface area contributed by atoms with Gasteiger partial charge in [-0.3, -0.25) is 9.59 Å². The molecular weight excluding hydrogens is 348 g/mol. The second-order valence-electron chi connectivity index (χ2n) is 6.09. The number of benzene rings is 1. The Balaban J connectivity index is 1.57. The van der Waals surface area contributed by atoms with Crippen molar-refractivity contribution in [2.75, 3.05) is 50.9 Å². The van der Waals surface area contributed by atoms with E-state index in [9.17, 15) is 9.59 Å². The number of carbonyl (C=O) groups excluding carboxylic acids is 1. The van der Waals surface area contributed by atoms with Crippen molar-refractivity contribution in [1.29, 1.82) is 0 Å². The van der Waals surface area contributed by atoms with Gasteiger partial charge in [-0.05, 0) is 25.1 Å². The van der Waals surface area contributed by atoms with Crippen molar-refractivity contribution in [1.82, 2.24) is 14.9 Å². The van der Waals surface area contributed by atoms with Gasteiger partial charge in [-0.25, -0.2) is 4.98 Å². The summed E-state index contributed by atoms with van der Waals surface area (Å²) in [5.74, 6) is 1.01. The molecule has 0 aliphatic carbocycles. The first-order valence-corrected chi connectivity index (χ1v) is 9.07. The van der Waals surface area contributed by atoms with Gasteiger partial charge in [-0.2, -0.15) is 0 Å². The first kappa shape index (κ1) is 18.9. The summed E-state index contributed by atoms with van der Waals surface area (Å²) >= 11 is 0. The lowest BCUT2D eigenvalue weighted by Gasteiger charge is -2.35. The van der Waals surface area contributed by atoms with E-state index in [0.717, 1.165) is 0 Å². The fraction of sp³-hybridized carbons (Fsp3) is 0.421. The largest absolute Gasteiger partial charge is 0.491 e. The van der Waals surface area contributed by atoms with E-state index < -0.39 is 0 Å². The molecule has 1 aromatic carbocycles. The zero-order valence-corrected chi connectivity index (χ0v) is 15.4. The van der Waals surface area contributed by atoms with Gasteiger partial charge < -0.3 is 24.3 Å². The van der Waals surface area contributed by atoms with Crippen molar-refractivity contribution in [2.45, 2.75) is 6.92 Å². The first-order valence-electron chi connectivity index (χ1n) is 9.07. The van der Waals surface area contributed by atoms with E-state index in [-0.39, 0.29) is 11.5 Å². The fourth-order valence-corrected chi connectivity index (χ4v) is 2.95. The van der Waals surface area contributed by atoms with Crippen LogP contribution in [0.4, 0.5) is 5.82 Å². The van der Waals surface area contributed by atoms with Crippen LogP contribution in [0.3, 0.4) is 0 Å². The number of amides is 1. The van der Waals surface area contributed by atoms with Gasteiger partial charge in [0.1, 0.15) is 12.4 Å². The monoisotopic (exact) mass is 372 g/mol. The lowest BCUT2D eigenvalue weighted by atomic mass is 10.1. The molecule has 1 aliphatic rings. The van der Waals surface area contributed by atoms with E-state index in [2.05, 4.69) is 9.97 Å². The first-order chi connectivity index (χ1) is 13.2. The van der Waals surface area contributed by atoms with E-state index in [0.29, 0.717) is 63.1 Å². The maximum Gasteiger partial charge on any atom is 0.290 e. The van der Waals surface area contributed by atoms with Crippen LogP contribution in [-0.2, 0) is 4.74 Å². The Morgan fingerprint density at radius 1 is 1.22 bits per heavy atom. The SMILES string of the molecule is CCOCCOc1cccc(C(=O)N2CCN(c3ncc[nH]c3=O)CC2)c1. The Labute approximate surface area is 157 Å². The number of H-pyrrole nitrogens is 1. The van der Waals surface area contributed by atoms with Crippen LogP contribution >= 0.6 is 0 Å². The molecule has 2 heterocycles. The van der Waals surface area contributed by atoms with Crippen LogP contribution in [-0.4, -0.2) is 66.8 Å². The van der Waals surface area contributed by atoms with Crippen molar-refractivity contribution >= 4 is 11.7 Å². The van der Waals surface area contributed by atoms with Crippen LogP contribution in [0, 0.1) is 0 Å². The number of rotatable bonds is 7. The molecule has 27 heavy (non-hydrogen) atoms. The average Bonchev–Trinajstić information content (AvgIpc) is 2.71. The Morgan fingerprint density at radius 3 is 2.78 bits per heavy atom. The summed E-state index contributed by atoms with van der Waals surface area (Å²) < 4.78 is 10.9. The number of nitrogens with one attached hydrogen (secondary N) is 1. The number of hydrogen-bond donors (Lipinski definition) is 1. The van der Waals surface area contributed by atoms with Crippen molar-refractivity contribution in [3.8, 4) is 5.75 Å². The van der Waals surface area contributed by atoms with Crippen LogP contribution in [0.1, 0.15) is 17.3 Å². The summed E-state index contributed by atoms with van der Waals surface area (Å²) in [6, 6.07) is 7.18. The number of carbonyl (C=O) groups is 1. The molecule has 0 atom stereocenters. The van der Waals surface area contributed by atoms with Crippen LogP contribution < -0.4 is 15.2 Å². The van der Waals surface area contributed by atoms with Crippen LogP contribution in [0.25, 0.3) is 0 Å².